The molecule has 1 fully saturated rings. The standard InChI is InChI=1S/C11H24N4O/c1-3-4-7-13-11(15-12)14-9(2)10-6-5-8-16-10/h9-10H,3-8,12H2,1-2H3,(H2,13,14,15). The molecular formula is C11H24N4O. The van der Waals surface area contributed by atoms with Crippen molar-refractivity contribution in [3.05, 3.63) is 0 Å². The van der Waals surface area contributed by atoms with Crippen molar-refractivity contribution in [2.45, 2.75) is 51.7 Å². The first-order chi connectivity index (χ1) is 7.77. The maximum atomic E-state index is 5.60. The Hall–Kier alpha value is -0.810. The van der Waals surface area contributed by atoms with E-state index in [-0.39, 0.29) is 12.1 Å². The molecule has 1 aliphatic rings. The zero-order valence-electron chi connectivity index (χ0n) is 10.3. The molecule has 5 heteroatoms. The van der Waals surface area contributed by atoms with Gasteiger partial charge in [0.05, 0.1) is 12.1 Å². The molecule has 1 heterocycles. The van der Waals surface area contributed by atoms with Crippen molar-refractivity contribution in [3.63, 3.8) is 0 Å². The smallest absolute Gasteiger partial charge is 0.206 e. The number of unbranched alkanes of at least 4 members (excludes halogenated alkanes) is 1. The molecule has 5 nitrogen and oxygen atoms in total. The van der Waals surface area contributed by atoms with Crippen LogP contribution in [0.1, 0.15) is 39.5 Å². The second kappa shape index (κ2) is 7.46. The van der Waals surface area contributed by atoms with E-state index >= 15 is 0 Å². The lowest BCUT2D eigenvalue weighted by Crippen LogP contribution is -2.49. The van der Waals surface area contributed by atoms with Crippen LogP contribution in [0.3, 0.4) is 0 Å². The summed E-state index contributed by atoms with van der Waals surface area (Å²) < 4.78 is 5.60. The van der Waals surface area contributed by atoms with Crippen LogP contribution >= 0.6 is 0 Å². The van der Waals surface area contributed by atoms with Crippen molar-refractivity contribution in [1.29, 1.82) is 0 Å². The predicted molar refractivity (Wildman–Crippen MR) is 66.1 cm³/mol. The Morgan fingerprint density at radius 3 is 3.00 bits per heavy atom. The molecule has 2 atom stereocenters. The lowest BCUT2D eigenvalue weighted by atomic mass is 10.1. The number of nitrogens with zero attached hydrogens (tertiary/aromatic N) is 1. The maximum absolute atomic E-state index is 5.60. The highest BCUT2D eigenvalue weighted by Gasteiger charge is 2.22. The highest BCUT2D eigenvalue weighted by atomic mass is 16.5. The van der Waals surface area contributed by atoms with Gasteiger partial charge >= 0.3 is 0 Å². The maximum Gasteiger partial charge on any atom is 0.206 e. The normalized spacial score (nSPS) is 23.2. The van der Waals surface area contributed by atoms with Crippen LogP contribution in [0.25, 0.3) is 0 Å². The van der Waals surface area contributed by atoms with Gasteiger partial charge in [0.15, 0.2) is 0 Å². The second-order valence-electron chi connectivity index (χ2n) is 4.21. The third-order valence-electron chi connectivity index (χ3n) is 2.81. The van der Waals surface area contributed by atoms with E-state index in [9.17, 15) is 0 Å². The minimum absolute atomic E-state index is 0.249. The molecular weight excluding hydrogens is 204 g/mol. The van der Waals surface area contributed by atoms with Crippen molar-refractivity contribution in [2.75, 3.05) is 13.2 Å². The number of hydrogen-bond acceptors (Lipinski definition) is 3. The van der Waals surface area contributed by atoms with Crippen LogP contribution in [0, 0.1) is 0 Å². The molecule has 0 aromatic heterocycles. The summed E-state index contributed by atoms with van der Waals surface area (Å²) in [5.41, 5.74) is 2.60. The summed E-state index contributed by atoms with van der Waals surface area (Å²) in [6.45, 7) is 5.92. The minimum Gasteiger partial charge on any atom is -0.376 e. The summed E-state index contributed by atoms with van der Waals surface area (Å²) in [4.78, 5) is 4.36. The Kier molecular flexibility index (Phi) is 6.18. The van der Waals surface area contributed by atoms with E-state index in [2.05, 4.69) is 29.6 Å². The van der Waals surface area contributed by atoms with E-state index in [1.807, 2.05) is 0 Å². The average Bonchev–Trinajstić information content (AvgIpc) is 2.81. The third-order valence-corrected chi connectivity index (χ3v) is 2.81. The number of rotatable bonds is 5. The van der Waals surface area contributed by atoms with Crippen molar-refractivity contribution < 1.29 is 4.74 Å². The predicted octanol–water partition coefficient (Wildman–Crippen LogP) is 0.763. The third kappa shape index (κ3) is 4.37. The molecule has 0 bridgehead atoms. The van der Waals surface area contributed by atoms with E-state index in [1.165, 1.54) is 0 Å². The summed E-state index contributed by atoms with van der Waals surface area (Å²) in [6.07, 6.45) is 4.77. The van der Waals surface area contributed by atoms with E-state index in [0.717, 1.165) is 38.8 Å². The van der Waals surface area contributed by atoms with Gasteiger partial charge in [-0.3, -0.25) is 10.4 Å². The number of nitrogens with one attached hydrogen (secondary N) is 2. The zero-order valence-corrected chi connectivity index (χ0v) is 10.3. The Bertz CT molecular complexity index is 214. The van der Waals surface area contributed by atoms with E-state index in [0.29, 0.717) is 5.96 Å². The SMILES string of the molecule is CCCCN=C(NN)NC(C)C1CCCO1. The molecule has 0 aromatic carbocycles. The van der Waals surface area contributed by atoms with Gasteiger partial charge < -0.3 is 10.1 Å². The van der Waals surface area contributed by atoms with Crippen molar-refractivity contribution in [3.8, 4) is 0 Å². The fourth-order valence-electron chi connectivity index (χ4n) is 1.79. The molecule has 0 saturated carbocycles. The monoisotopic (exact) mass is 228 g/mol. The summed E-state index contributed by atoms with van der Waals surface area (Å²) in [5, 5.41) is 3.26. The van der Waals surface area contributed by atoms with Gasteiger partial charge in [-0.05, 0) is 26.2 Å². The van der Waals surface area contributed by atoms with Gasteiger partial charge in [-0.2, -0.15) is 0 Å². The van der Waals surface area contributed by atoms with Crippen LogP contribution in [0.5, 0.6) is 0 Å². The van der Waals surface area contributed by atoms with Crippen LogP contribution in [0.2, 0.25) is 0 Å². The van der Waals surface area contributed by atoms with Gasteiger partial charge in [-0.25, -0.2) is 5.84 Å². The Morgan fingerprint density at radius 1 is 1.62 bits per heavy atom. The summed E-state index contributed by atoms with van der Waals surface area (Å²) >= 11 is 0. The summed E-state index contributed by atoms with van der Waals surface area (Å²) in [6, 6.07) is 0.249. The van der Waals surface area contributed by atoms with Gasteiger partial charge in [0.25, 0.3) is 0 Å². The van der Waals surface area contributed by atoms with Gasteiger partial charge in [0.1, 0.15) is 0 Å². The molecule has 16 heavy (non-hydrogen) atoms. The molecule has 1 aliphatic heterocycles. The topological polar surface area (TPSA) is 71.7 Å². The van der Waals surface area contributed by atoms with E-state index < -0.39 is 0 Å². The van der Waals surface area contributed by atoms with Crippen LogP contribution < -0.4 is 16.6 Å². The molecule has 0 aromatic rings. The van der Waals surface area contributed by atoms with Crippen molar-refractivity contribution >= 4 is 5.96 Å². The van der Waals surface area contributed by atoms with Gasteiger partial charge in [-0.15, -0.1) is 0 Å². The van der Waals surface area contributed by atoms with Crippen molar-refractivity contribution in [1.82, 2.24) is 10.7 Å². The number of aliphatic imine (C=N–C) groups is 1. The molecule has 0 aliphatic carbocycles. The molecule has 4 N–H and O–H groups in total. The molecule has 1 saturated heterocycles. The minimum atomic E-state index is 0.249. The van der Waals surface area contributed by atoms with E-state index in [1.54, 1.807) is 0 Å². The number of hydrazine groups is 1. The molecule has 0 spiro atoms. The van der Waals surface area contributed by atoms with Gasteiger partial charge in [0, 0.05) is 13.2 Å². The van der Waals surface area contributed by atoms with Crippen LogP contribution in [-0.4, -0.2) is 31.3 Å². The largest absolute Gasteiger partial charge is 0.376 e. The molecule has 0 amide bonds. The quantitative estimate of drug-likeness (QED) is 0.214. The van der Waals surface area contributed by atoms with Crippen LogP contribution in [-0.2, 0) is 4.74 Å². The number of hydrogen-bond donors (Lipinski definition) is 3. The highest BCUT2D eigenvalue weighted by Crippen LogP contribution is 2.15. The summed E-state index contributed by atoms with van der Waals surface area (Å²) in [7, 11) is 0. The number of guanidine groups is 1. The first kappa shape index (κ1) is 13.3. The lowest BCUT2D eigenvalue weighted by Gasteiger charge is -2.21. The fourth-order valence-corrected chi connectivity index (χ4v) is 1.79. The van der Waals surface area contributed by atoms with Crippen LogP contribution in [0.15, 0.2) is 4.99 Å². The molecule has 94 valence electrons. The summed E-state index contributed by atoms with van der Waals surface area (Å²) in [5.74, 6) is 6.08. The second-order valence-corrected chi connectivity index (χ2v) is 4.21. The van der Waals surface area contributed by atoms with Gasteiger partial charge in [-0.1, -0.05) is 13.3 Å². The molecule has 1 rings (SSSR count). The first-order valence-corrected chi connectivity index (χ1v) is 6.17. The Morgan fingerprint density at radius 2 is 2.44 bits per heavy atom. The number of nitrogens with two attached hydrogens (primary N) is 1. The fraction of sp³-hybridized carbons (Fsp3) is 0.909. The lowest BCUT2D eigenvalue weighted by molar-refractivity contribution is 0.0890. The van der Waals surface area contributed by atoms with Crippen LogP contribution in [0.4, 0.5) is 0 Å². The number of ether oxygens (including phenoxy) is 1. The van der Waals surface area contributed by atoms with Gasteiger partial charge in [0.2, 0.25) is 5.96 Å². The first-order valence-electron chi connectivity index (χ1n) is 6.17. The van der Waals surface area contributed by atoms with E-state index in [4.69, 9.17) is 10.6 Å². The highest BCUT2D eigenvalue weighted by molar-refractivity contribution is 5.79. The molecule has 0 radical (unpaired) electrons. The molecule has 2 unspecified atom stereocenters. The Balaban J connectivity index is 2.33. The Labute approximate surface area is 97.8 Å². The average molecular weight is 228 g/mol. The van der Waals surface area contributed by atoms with Crippen molar-refractivity contribution in [2.24, 2.45) is 10.8 Å². The zero-order chi connectivity index (χ0) is 11.8.